The van der Waals surface area contributed by atoms with E-state index in [4.69, 9.17) is 14.2 Å². The average Bonchev–Trinajstić information content (AvgIpc) is 2.80. The summed E-state index contributed by atoms with van der Waals surface area (Å²) in [6, 6.07) is 1.84. The van der Waals surface area contributed by atoms with Crippen LogP contribution in [-0.2, 0) is 19.1 Å². The van der Waals surface area contributed by atoms with Crippen molar-refractivity contribution in [2.45, 2.75) is 70.2 Å². The number of benzene rings is 1. The molecule has 32 heavy (non-hydrogen) atoms. The Balaban J connectivity index is 1.83. The standard InChI is InChI=1S/C22H30FN3O6/c1-5-14(25-20(29)32-21(2,3)4)18(27)26-17-19(28)24-15-7-6-13(23)12-16(15)31-22(17)8-10-30-11-9-22/h6-7,12,14,17H,5,8-11H2,1-4H3,(H,24,28)(H,25,29)(H,26,27)/t14-,17-/m0/s1. The molecule has 9 nitrogen and oxygen atoms in total. The first-order valence-corrected chi connectivity index (χ1v) is 10.7. The smallest absolute Gasteiger partial charge is 0.408 e. The molecule has 2 heterocycles. The lowest BCUT2D eigenvalue weighted by atomic mass is 9.85. The number of amides is 3. The Morgan fingerprint density at radius 3 is 2.62 bits per heavy atom. The monoisotopic (exact) mass is 451 g/mol. The maximum atomic E-state index is 13.8. The maximum absolute atomic E-state index is 13.8. The van der Waals surface area contributed by atoms with Gasteiger partial charge in [-0.05, 0) is 39.3 Å². The van der Waals surface area contributed by atoms with Gasteiger partial charge in [0, 0.05) is 18.9 Å². The molecule has 176 valence electrons. The van der Waals surface area contributed by atoms with Crippen LogP contribution in [0.15, 0.2) is 18.2 Å². The summed E-state index contributed by atoms with van der Waals surface area (Å²) in [5.74, 6) is -1.35. The molecule has 1 saturated heterocycles. The zero-order valence-corrected chi connectivity index (χ0v) is 18.7. The maximum Gasteiger partial charge on any atom is 0.408 e. The highest BCUT2D eigenvalue weighted by Gasteiger charge is 2.50. The van der Waals surface area contributed by atoms with Crippen molar-refractivity contribution in [1.82, 2.24) is 10.6 Å². The number of rotatable bonds is 4. The van der Waals surface area contributed by atoms with E-state index in [1.165, 1.54) is 18.2 Å². The van der Waals surface area contributed by atoms with Gasteiger partial charge in [0.15, 0.2) is 0 Å². The molecule has 0 aromatic heterocycles. The fraction of sp³-hybridized carbons (Fsp3) is 0.591. The van der Waals surface area contributed by atoms with Crippen LogP contribution >= 0.6 is 0 Å². The molecule has 2 atom stereocenters. The summed E-state index contributed by atoms with van der Waals surface area (Å²) < 4.78 is 30.7. The Kier molecular flexibility index (Phi) is 6.92. The molecule has 10 heteroatoms. The van der Waals surface area contributed by atoms with Gasteiger partial charge in [-0.2, -0.15) is 0 Å². The van der Waals surface area contributed by atoms with Crippen LogP contribution in [0.4, 0.5) is 14.9 Å². The Morgan fingerprint density at radius 2 is 2.00 bits per heavy atom. The molecule has 2 aliphatic heterocycles. The molecular formula is C22H30FN3O6. The van der Waals surface area contributed by atoms with Gasteiger partial charge < -0.3 is 30.2 Å². The summed E-state index contributed by atoms with van der Waals surface area (Å²) in [6.45, 7) is 7.52. The van der Waals surface area contributed by atoms with E-state index in [0.29, 0.717) is 31.7 Å². The molecule has 0 unspecified atom stereocenters. The van der Waals surface area contributed by atoms with E-state index < -0.39 is 47.0 Å². The molecule has 1 spiro atoms. The minimum atomic E-state index is -1.12. The summed E-state index contributed by atoms with van der Waals surface area (Å²) in [7, 11) is 0. The zero-order valence-electron chi connectivity index (χ0n) is 18.7. The van der Waals surface area contributed by atoms with Crippen molar-refractivity contribution >= 4 is 23.6 Å². The largest absolute Gasteiger partial charge is 0.482 e. The van der Waals surface area contributed by atoms with Gasteiger partial charge in [0.25, 0.3) is 5.91 Å². The minimum Gasteiger partial charge on any atom is -0.482 e. The summed E-state index contributed by atoms with van der Waals surface area (Å²) in [5, 5.41) is 7.99. The fourth-order valence-corrected chi connectivity index (χ4v) is 3.76. The van der Waals surface area contributed by atoms with Crippen molar-refractivity contribution < 1.29 is 33.0 Å². The van der Waals surface area contributed by atoms with E-state index in [1.54, 1.807) is 27.7 Å². The summed E-state index contributed by atoms with van der Waals surface area (Å²) in [5.41, 5.74) is -1.53. The van der Waals surface area contributed by atoms with E-state index >= 15 is 0 Å². The van der Waals surface area contributed by atoms with Crippen molar-refractivity contribution in [1.29, 1.82) is 0 Å². The van der Waals surface area contributed by atoms with Gasteiger partial charge in [0.1, 0.15) is 34.9 Å². The lowest BCUT2D eigenvalue weighted by Gasteiger charge is -2.41. The third kappa shape index (κ3) is 5.48. The third-order valence-corrected chi connectivity index (χ3v) is 5.34. The van der Waals surface area contributed by atoms with Crippen molar-refractivity contribution in [2.24, 2.45) is 0 Å². The van der Waals surface area contributed by atoms with E-state index in [-0.39, 0.29) is 12.2 Å². The Bertz CT molecular complexity index is 879. The predicted octanol–water partition coefficient (Wildman–Crippen LogP) is 2.49. The predicted molar refractivity (Wildman–Crippen MR) is 114 cm³/mol. The molecule has 3 amide bonds. The summed E-state index contributed by atoms with van der Waals surface area (Å²) in [4.78, 5) is 38.3. The molecule has 0 saturated carbocycles. The molecule has 0 bridgehead atoms. The topological polar surface area (TPSA) is 115 Å². The van der Waals surface area contributed by atoms with Crippen LogP contribution in [0.3, 0.4) is 0 Å². The van der Waals surface area contributed by atoms with Gasteiger partial charge in [-0.15, -0.1) is 0 Å². The minimum absolute atomic E-state index is 0.191. The van der Waals surface area contributed by atoms with Gasteiger partial charge >= 0.3 is 6.09 Å². The number of fused-ring (bicyclic) bond motifs is 1. The number of alkyl carbamates (subject to hydrolysis) is 1. The van der Waals surface area contributed by atoms with E-state index in [0.717, 1.165) is 0 Å². The number of nitrogens with one attached hydrogen (secondary N) is 3. The van der Waals surface area contributed by atoms with Gasteiger partial charge in [-0.25, -0.2) is 9.18 Å². The lowest BCUT2D eigenvalue weighted by molar-refractivity contribution is -0.136. The van der Waals surface area contributed by atoms with Crippen LogP contribution in [0, 0.1) is 5.82 Å². The second kappa shape index (κ2) is 9.32. The first-order chi connectivity index (χ1) is 15.0. The number of carbonyl (C=O) groups is 3. The molecule has 2 aliphatic rings. The Morgan fingerprint density at radius 1 is 1.31 bits per heavy atom. The molecule has 0 radical (unpaired) electrons. The van der Waals surface area contributed by atoms with Crippen LogP contribution in [0.5, 0.6) is 5.75 Å². The Labute approximate surface area is 186 Å². The highest BCUT2D eigenvalue weighted by atomic mass is 19.1. The van der Waals surface area contributed by atoms with Crippen molar-refractivity contribution in [3.05, 3.63) is 24.0 Å². The van der Waals surface area contributed by atoms with Crippen molar-refractivity contribution in [2.75, 3.05) is 18.5 Å². The average molecular weight is 451 g/mol. The second-order valence-corrected chi connectivity index (χ2v) is 8.96. The first kappa shape index (κ1) is 23.8. The molecular weight excluding hydrogens is 421 g/mol. The number of hydrogen-bond donors (Lipinski definition) is 3. The highest BCUT2D eigenvalue weighted by molar-refractivity contribution is 6.00. The second-order valence-electron chi connectivity index (χ2n) is 8.96. The van der Waals surface area contributed by atoms with Crippen LogP contribution in [0.1, 0.15) is 47.0 Å². The zero-order chi connectivity index (χ0) is 23.5. The molecule has 3 N–H and O–H groups in total. The molecule has 3 rings (SSSR count). The quantitative estimate of drug-likeness (QED) is 0.648. The normalized spacial score (nSPS) is 20.8. The number of halogens is 1. The number of ether oxygens (including phenoxy) is 3. The molecule has 1 aromatic rings. The molecule has 0 aliphatic carbocycles. The van der Waals surface area contributed by atoms with Gasteiger partial charge in [-0.1, -0.05) is 6.92 Å². The van der Waals surface area contributed by atoms with Gasteiger partial charge in [-0.3, -0.25) is 9.59 Å². The van der Waals surface area contributed by atoms with E-state index in [1.807, 2.05) is 0 Å². The number of anilines is 1. The first-order valence-electron chi connectivity index (χ1n) is 10.7. The van der Waals surface area contributed by atoms with Crippen molar-refractivity contribution in [3.8, 4) is 5.75 Å². The van der Waals surface area contributed by atoms with Crippen molar-refractivity contribution in [3.63, 3.8) is 0 Å². The van der Waals surface area contributed by atoms with Gasteiger partial charge in [0.2, 0.25) is 5.91 Å². The summed E-state index contributed by atoms with van der Waals surface area (Å²) >= 11 is 0. The SMILES string of the molecule is CC[C@H](NC(=O)OC(C)(C)C)C(=O)N[C@H]1C(=O)Nc2ccc(F)cc2OC12CCOCC2. The molecule has 1 fully saturated rings. The third-order valence-electron chi connectivity index (χ3n) is 5.34. The van der Waals surface area contributed by atoms with E-state index in [9.17, 15) is 18.8 Å². The van der Waals surface area contributed by atoms with E-state index in [2.05, 4.69) is 16.0 Å². The lowest BCUT2D eigenvalue weighted by Crippen LogP contribution is -2.64. The van der Waals surface area contributed by atoms with Crippen LogP contribution in [0.2, 0.25) is 0 Å². The van der Waals surface area contributed by atoms with Gasteiger partial charge in [0.05, 0.1) is 18.9 Å². The van der Waals surface area contributed by atoms with Crippen LogP contribution in [0.25, 0.3) is 0 Å². The summed E-state index contributed by atoms with van der Waals surface area (Å²) in [6.07, 6.45) is 0.182. The van der Waals surface area contributed by atoms with Crippen LogP contribution < -0.4 is 20.7 Å². The number of carbonyl (C=O) groups excluding carboxylic acids is 3. The number of hydrogen-bond acceptors (Lipinski definition) is 6. The Hall–Kier alpha value is -2.88. The molecule has 1 aromatic carbocycles. The van der Waals surface area contributed by atoms with Crippen LogP contribution in [-0.4, -0.2) is 54.4 Å². The highest BCUT2D eigenvalue weighted by Crippen LogP contribution is 2.38. The fourth-order valence-electron chi connectivity index (χ4n) is 3.76.